The number of nitrogens with zero attached hydrogens (tertiary/aromatic N) is 1. The topological polar surface area (TPSA) is 42.4 Å². The number of aryl methyl sites for hydroxylation is 1. The molecular formula is C18H24N2O. The van der Waals surface area contributed by atoms with Crippen molar-refractivity contribution >= 4 is 0 Å². The summed E-state index contributed by atoms with van der Waals surface area (Å²) in [6, 6.07) is 13.6. The molecule has 0 aliphatic heterocycles. The van der Waals surface area contributed by atoms with E-state index < -0.39 is 0 Å². The van der Waals surface area contributed by atoms with Gasteiger partial charge >= 0.3 is 0 Å². The summed E-state index contributed by atoms with van der Waals surface area (Å²) in [7, 11) is 0. The van der Waals surface area contributed by atoms with Gasteiger partial charge in [0, 0.05) is 18.6 Å². The lowest BCUT2D eigenvalue weighted by molar-refractivity contribution is 0.167. The van der Waals surface area contributed by atoms with Crippen LogP contribution in [0.25, 0.3) is 0 Å². The minimum Gasteiger partial charge on any atom is -0.468 e. The zero-order valence-electron chi connectivity index (χ0n) is 12.7. The Bertz CT molecular complexity index is 560. The van der Waals surface area contributed by atoms with Crippen LogP contribution < -0.4 is 5.73 Å². The van der Waals surface area contributed by atoms with E-state index in [-0.39, 0.29) is 6.04 Å². The molecule has 1 atom stereocenters. The predicted molar refractivity (Wildman–Crippen MR) is 84.9 cm³/mol. The molecule has 1 aliphatic rings. The minimum absolute atomic E-state index is 0.277. The minimum atomic E-state index is 0.277. The molecule has 21 heavy (non-hydrogen) atoms. The fraction of sp³-hybridized carbons (Fsp3) is 0.444. The highest BCUT2D eigenvalue weighted by atomic mass is 16.3. The Morgan fingerprint density at radius 1 is 1.24 bits per heavy atom. The third-order valence-corrected chi connectivity index (χ3v) is 4.35. The normalized spacial score (nSPS) is 16.3. The maximum absolute atomic E-state index is 6.15. The summed E-state index contributed by atoms with van der Waals surface area (Å²) in [6.07, 6.45) is 5.33. The van der Waals surface area contributed by atoms with Crippen molar-refractivity contribution in [3.8, 4) is 0 Å². The smallest absolute Gasteiger partial charge is 0.117 e. The summed E-state index contributed by atoms with van der Waals surface area (Å²) in [4.78, 5) is 2.52. The Labute approximate surface area is 126 Å². The van der Waals surface area contributed by atoms with Crippen LogP contribution in [0, 0.1) is 0 Å². The predicted octanol–water partition coefficient (Wildman–Crippen LogP) is 3.51. The maximum atomic E-state index is 6.15. The molecule has 2 aromatic rings. The average molecular weight is 284 g/mol. The summed E-state index contributed by atoms with van der Waals surface area (Å²) in [5.41, 5.74) is 8.93. The number of hydrogen-bond donors (Lipinski definition) is 1. The molecule has 1 heterocycles. The van der Waals surface area contributed by atoms with E-state index in [1.165, 1.54) is 24.0 Å². The maximum Gasteiger partial charge on any atom is 0.117 e. The van der Waals surface area contributed by atoms with Gasteiger partial charge in [0.1, 0.15) is 5.76 Å². The van der Waals surface area contributed by atoms with Crippen LogP contribution in [0.1, 0.15) is 42.7 Å². The van der Waals surface area contributed by atoms with E-state index in [9.17, 15) is 0 Å². The van der Waals surface area contributed by atoms with Gasteiger partial charge in [0.05, 0.1) is 12.8 Å². The largest absolute Gasteiger partial charge is 0.468 e. The van der Waals surface area contributed by atoms with E-state index in [4.69, 9.17) is 10.2 Å². The molecule has 0 radical (unpaired) electrons. The number of hydrogen-bond acceptors (Lipinski definition) is 3. The second kappa shape index (κ2) is 6.46. The zero-order chi connectivity index (χ0) is 14.7. The van der Waals surface area contributed by atoms with E-state index in [0.29, 0.717) is 12.6 Å². The van der Waals surface area contributed by atoms with E-state index in [0.717, 1.165) is 18.7 Å². The highest BCUT2D eigenvalue weighted by Crippen LogP contribution is 2.36. The highest BCUT2D eigenvalue weighted by molar-refractivity contribution is 5.31. The monoisotopic (exact) mass is 284 g/mol. The van der Waals surface area contributed by atoms with Crippen molar-refractivity contribution in [1.29, 1.82) is 0 Å². The van der Waals surface area contributed by atoms with E-state index >= 15 is 0 Å². The van der Waals surface area contributed by atoms with Crippen molar-refractivity contribution in [3.63, 3.8) is 0 Å². The van der Waals surface area contributed by atoms with Gasteiger partial charge in [0.15, 0.2) is 0 Å². The Balaban J connectivity index is 1.88. The molecule has 3 rings (SSSR count). The zero-order valence-corrected chi connectivity index (χ0v) is 12.7. The first-order valence-electron chi connectivity index (χ1n) is 7.89. The van der Waals surface area contributed by atoms with Crippen LogP contribution in [0.2, 0.25) is 0 Å². The molecule has 0 saturated heterocycles. The molecule has 2 N–H and O–H groups in total. The van der Waals surface area contributed by atoms with Gasteiger partial charge in [-0.15, -0.1) is 0 Å². The van der Waals surface area contributed by atoms with Gasteiger partial charge in [-0.3, -0.25) is 4.90 Å². The Hall–Kier alpha value is -1.58. The van der Waals surface area contributed by atoms with Gasteiger partial charge in [-0.2, -0.15) is 0 Å². The molecule has 1 aromatic heterocycles. The van der Waals surface area contributed by atoms with Gasteiger partial charge in [-0.05, 0) is 42.5 Å². The Morgan fingerprint density at radius 3 is 2.67 bits per heavy atom. The summed E-state index contributed by atoms with van der Waals surface area (Å²) in [5.74, 6) is 1.02. The Kier molecular flexibility index (Phi) is 4.42. The fourth-order valence-electron chi connectivity index (χ4n) is 3.10. The van der Waals surface area contributed by atoms with Gasteiger partial charge in [0.2, 0.25) is 0 Å². The van der Waals surface area contributed by atoms with Gasteiger partial charge in [0.25, 0.3) is 0 Å². The molecule has 1 aromatic carbocycles. The Morgan fingerprint density at radius 2 is 2.05 bits per heavy atom. The third kappa shape index (κ3) is 3.20. The lowest BCUT2D eigenvalue weighted by Crippen LogP contribution is -2.35. The van der Waals surface area contributed by atoms with E-state index in [1.54, 1.807) is 6.26 Å². The molecule has 1 fully saturated rings. The number of nitrogens with two attached hydrogens (primary N) is 1. The summed E-state index contributed by atoms with van der Waals surface area (Å²) >= 11 is 0. The third-order valence-electron chi connectivity index (χ3n) is 4.35. The summed E-state index contributed by atoms with van der Waals surface area (Å²) < 4.78 is 5.55. The van der Waals surface area contributed by atoms with Crippen molar-refractivity contribution < 1.29 is 4.42 Å². The first-order chi connectivity index (χ1) is 10.3. The van der Waals surface area contributed by atoms with E-state index in [1.807, 2.05) is 6.07 Å². The molecule has 1 saturated carbocycles. The molecular weight excluding hydrogens is 260 g/mol. The quantitative estimate of drug-likeness (QED) is 0.846. The van der Waals surface area contributed by atoms with Gasteiger partial charge in [-0.1, -0.05) is 31.2 Å². The molecule has 3 heteroatoms. The first-order valence-corrected chi connectivity index (χ1v) is 7.89. The number of furan rings is 1. The van der Waals surface area contributed by atoms with Crippen molar-refractivity contribution in [3.05, 3.63) is 59.5 Å². The molecule has 1 unspecified atom stereocenters. The average Bonchev–Trinajstić information content (AvgIpc) is 3.24. The van der Waals surface area contributed by atoms with Crippen LogP contribution in [0.3, 0.4) is 0 Å². The lowest BCUT2D eigenvalue weighted by Gasteiger charge is -2.32. The van der Waals surface area contributed by atoms with Crippen LogP contribution in [0.4, 0.5) is 0 Å². The molecule has 0 bridgehead atoms. The van der Waals surface area contributed by atoms with Crippen LogP contribution >= 0.6 is 0 Å². The standard InChI is InChI=1S/C18H24N2O/c1-2-14-6-3-4-8-17(14)18(12-19)20(15-9-10-15)13-16-7-5-11-21-16/h3-8,11,15,18H,2,9-10,12-13,19H2,1H3. The SMILES string of the molecule is CCc1ccccc1C(CN)N(Cc1ccco1)C1CC1. The summed E-state index contributed by atoms with van der Waals surface area (Å²) in [6.45, 7) is 3.70. The second-order valence-corrected chi connectivity index (χ2v) is 5.79. The van der Waals surface area contributed by atoms with E-state index in [2.05, 4.69) is 42.2 Å². The van der Waals surface area contributed by atoms with Crippen LogP contribution in [-0.2, 0) is 13.0 Å². The van der Waals surface area contributed by atoms with Gasteiger partial charge < -0.3 is 10.2 Å². The fourth-order valence-corrected chi connectivity index (χ4v) is 3.10. The van der Waals surface area contributed by atoms with Gasteiger partial charge in [-0.25, -0.2) is 0 Å². The molecule has 0 amide bonds. The van der Waals surface area contributed by atoms with Crippen LogP contribution in [0.5, 0.6) is 0 Å². The lowest BCUT2D eigenvalue weighted by atomic mass is 9.97. The van der Waals surface area contributed by atoms with Crippen molar-refractivity contribution in [2.75, 3.05) is 6.54 Å². The van der Waals surface area contributed by atoms with Crippen LogP contribution in [-0.4, -0.2) is 17.5 Å². The second-order valence-electron chi connectivity index (χ2n) is 5.79. The number of benzene rings is 1. The molecule has 0 spiro atoms. The molecule has 3 nitrogen and oxygen atoms in total. The first kappa shape index (κ1) is 14.4. The highest BCUT2D eigenvalue weighted by Gasteiger charge is 2.35. The van der Waals surface area contributed by atoms with Crippen molar-refractivity contribution in [2.24, 2.45) is 5.73 Å². The van der Waals surface area contributed by atoms with Crippen molar-refractivity contribution in [2.45, 2.75) is 44.8 Å². The molecule has 112 valence electrons. The van der Waals surface area contributed by atoms with Crippen LogP contribution in [0.15, 0.2) is 47.1 Å². The summed E-state index contributed by atoms with van der Waals surface area (Å²) in [5, 5.41) is 0. The molecule has 1 aliphatic carbocycles. The van der Waals surface area contributed by atoms with Crippen molar-refractivity contribution in [1.82, 2.24) is 4.90 Å². The number of rotatable bonds is 7.